The number of nitrogens with one attached hydrogen (secondary N) is 1. The molecule has 15 heavy (non-hydrogen) atoms. The number of aromatic nitrogens is 2. The lowest BCUT2D eigenvalue weighted by Gasteiger charge is -2.30. The molecule has 0 unspecified atom stereocenters. The van der Waals surface area contributed by atoms with Gasteiger partial charge in [0.25, 0.3) is 0 Å². The van der Waals surface area contributed by atoms with Crippen molar-refractivity contribution < 1.29 is 4.39 Å². The van der Waals surface area contributed by atoms with Crippen molar-refractivity contribution in [2.75, 3.05) is 11.2 Å². The summed E-state index contributed by atoms with van der Waals surface area (Å²) in [7, 11) is 0. The monoisotopic (exact) mass is 231 g/mol. The van der Waals surface area contributed by atoms with Gasteiger partial charge in [-0.2, -0.15) is 0 Å². The predicted octanol–water partition coefficient (Wildman–Crippen LogP) is 2.83. The molecule has 0 aliphatic heterocycles. The molecule has 0 fully saturated rings. The number of rotatable bonds is 5. The van der Waals surface area contributed by atoms with E-state index in [1.54, 1.807) is 0 Å². The van der Waals surface area contributed by atoms with E-state index in [-0.39, 0.29) is 5.54 Å². The number of hydrogen-bond donors (Lipinski definition) is 1. The van der Waals surface area contributed by atoms with E-state index in [1.165, 1.54) is 0 Å². The Morgan fingerprint density at radius 1 is 1.33 bits per heavy atom. The third-order valence-electron chi connectivity index (χ3n) is 2.61. The van der Waals surface area contributed by atoms with Gasteiger partial charge < -0.3 is 5.32 Å². The summed E-state index contributed by atoms with van der Waals surface area (Å²) in [6, 6.07) is 0. The van der Waals surface area contributed by atoms with E-state index in [2.05, 4.69) is 15.3 Å². The molecule has 1 aromatic heterocycles. The maximum absolute atomic E-state index is 12.6. The van der Waals surface area contributed by atoms with Gasteiger partial charge in [-0.25, -0.2) is 14.4 Å². The molecule has 0 atom stereocenters. The number of alkyl halides is 1. The van der Waals surface area contributed by atoms with Crippen molar-refractivity contribution in [3.63, 3.8) is 0 Å². The zero-order chi connectivity index (χ0) is 11.3. The highest BCUT2D eigenvalue weighted by Crippen LogP contribution is 2.21. The van der Waals surface area contributed by atoms with Crippen LogP contribution in [0.5, 0.6) is 0 Å². The Bertz CT molecular complexity index is 290. The fourth-order valence-electron chi connectivity index (χ4n) is 1.26. The Morgan fingerprint density at radius 2 is 1.87 bits per heavy atom. The van der Waals surface area contributed by atoms with Gasteiger partial charge in [0.2, 0.25) is 5.95 Å². The van der Waals surface area contributed by atoms with Gasteiger partial charge in [-0.15, -0.1) is 11.6 Å². The average molecular weight is 232 g/mol. The van der Waals surface area contributed by atoms with Gasteiger partial charge >= 0.3 is 0 Å². The van der Waals surface area contributed by atoms with Crippen molar-refractivity contribution in [1.29, 1.82) is 0 Å². The van der Waals surface area contributed by atoms with Crippen LogP contribution in [0.2, 0.25) is 0 Å². The van der Waals surface area contributed by atoms with E-state index in [0.29, 0.717) is 11.8 Å². The van der Waals surface area contributed by atoms with E-state index >= 15 is 0 Å². The molecule has 0 radical (unpaired) electrons. The maximum Gasteiger partial charge on any atom is 0.223 e. The highest BCUT2D eigenvalue weighted by atomic mass is 35.5. The van der Waals surface area contributed by atoms with Crippen molar-refractivity contribution in [3.05, 3.63) is 18.2 Å². The molecule has 5 heteroatoms. The fraction of sp³-hybridized carbons (Fsp3) is 0.600. The van der Waals surface area contributed by atoms with Gasteiger partial charge in [0, 0.05) is 5.88 Å². The largest absolute Gasteiger partial charge is 0.348 e. The summed E-state index contributed by atoms with van der Waals surface area (Å²) in [5, 5.41) is 3.15. The van der Waals surface area contributed by atoms with Gasteiger partial charge in [-0.1, -0.05) is 13.8 Å². The van der Waals surface area contributed by atoms with Gasteiger partial charge in [-0.3, -0.25) is 0 Å². The van der Waals surface area contributed by atoms with Crippen molar-refractivity contribution >= 4 is 17.5 Å². The summed E-state index contributed by atoms with van der Waals surface area (Å²) in [5.74, 6) is 0.451. The van der Waals surface area contributed by atoms with Gasteiger partial charge in [0.15, 0.2) is 5.82 Å². The highest BCUT2D eigenvalue weighted by Gasteiger charge is 2.25. The standard InChI is InChI=1S/C10H15ClFN3/c1-3-10(4-2,7-11)15-9-13-5-8(12)6-14-9/h5-6H,3-4,7H2,1-2H3,(H,13,14,15). The molecule has 84 valence electrons. The van der Waals surface area contributed by atoms with Crippen LogP contribution in [0.4, 0.5) is 10.3 Å². The smallest absolute Gasteiger partial charge is 0.223 e. The van der Waals surface area contributed by atoms with Crippen molar-refractivity contribution in [2.45, 2.75) is 32.2 Å². The van der Waals surface area contributed by atoms with Gasteiger partial charge in [0.05, 0.1) is 17.9 Å². The molecular formula is C10H15ClFN3. The average Bonchev–Trinajstić information content (AvgIpc) is 2.29. The molecule has 0 spiro atoms. The third kappa shape index (κ3) is 3.02. The summed E-state index contributed by atoms with van der Waals surface area (Å²) in [6.45, 7) is 4.09. The SMILES string of the molecule is CCC(CC)(CCl)Nc1ncc(F)cn1. The van der Waals surface area contributed by atoms with E-state index in [9.17, 15) is 4.39 Å². The lowest BCUT2D eigenvalue weighted by atomic mass is 9.95. The lowest BCUT2D eigenvalue weighted by Crippen LogP contribution is -2.39. The maximum atomic E-state index is 12.6. The van der Waals surface area contributed by atoms with Crippen LogP contribution in [0.25, 0.3) is 0 Å². The minimum atomic E-state index is -0.440. The van der Waals surface area contributed by atoms with Crippen LogP contribution in [0.1, 0.15) is 26.7 Å². The van der Waals surface area contributed by atoms with Crippen LogP contribution in [0, 0.1) is 5.82 Å². The molecule has 0 saturated heterocycles. The molecule has 0 aliphatic carbocycles. The van der Waals surface area contributed by atoms with E-state index in [0.717, 1.165) is 25.2 Å². The first-order valence-electron chi connectivity index (χ1n) is 4.97. The second-order valence-corrected chi connectivity index (χ2v) is 3.74. The third-order valence-corrected chi connectivity index (χ3v) is 3.12. The number of hydrogen-bond acceptors (Lipinski definition) is 3. The Labute approximate surface area is 94.1 Å². The highest BCUT2D eigenvalue weighted by molar-refractivity contribution is 6.18. The van der Waals surface area contributed by atoms with Crippen LogP contribution >= 0.6 is 11.6 Å². The topological polar surface area (TPSA) is 37.8 Å². The first-order valence-corrected chi connectivity index (χ1v) is 5.51. The molecule has 1 heterocycles. The summed E-state index contributed by atoms with van der Waals surface area (Å²) >= 11 is 5.91. The number of halogens is 2. The second-order valence-electron chi connectivity index (χ2n) is 3.47. The van der Waals surface area contributed by atoms with E-state index in [1.807, 2.05) is 13.8 Å². The summed E-state index contributed by atoms with van der Waals surface area (Å²) in [5.41, 5.74) is -0.209. The number of nitrogens with zero attached hydrogens (tertiary/aromatic N) is 2. The van der Waals surface area contributed by atoms with Crippen LogP contribution in [-0.4, -0.2) is 21.4 Å². The molecule has 1 aromatic rings. The van der Waals surface area contributed by atoms with Gasteiger partial charge in [0.1, 0.15) is 0 Å². The summed E-state index contributed by atoms with van der Waals surface area (Å²) in [4.78, 5) is 7.70. The predicted molar refractivity (Wildman–Crippen MR) is 59.6 cm³/mol. The summed E-state index contributed by atoms with van der Waals surface area (Å²) in [6.07, 6.45) is 4.01. The molecule has 0 saturated carbocycles. The fourth-order valence-corrected chi connectivity index (χ4v) is 1.71. The first-order chi connectivity index (χ1) is 7.15. The van der Waals surface area contributed by atoms with Crippen molar-refractivity contribution in [1.82, 2.24) is 9.97 Å². The molecule has 0 amide bonds. The molecule has 0 aliphatic rings. The number of anilines is 1. The van der Waals surface area contributed by atoms with E-state index < -0.39 is 5.82 Å². The Balaban J connectivity index is 2.78. The van der Waals surface area contributed by atoms with Crippen LogP contribution in [0.3, 0.4) is 0 Å². The quantitative estimate of drug-likeness (QED) is 0.792. The van der Waals surface area contributed by atoms with E-state index in [4.69, 9.17) is 11.6 Å². The lowest BCUT2D eigenvalue weighted by molar-refractivity contribution is 0.479. The van der Waals surface area contributed by atoms with Crippen LogP contribution in [-0.2, 0) is 0 Å². The van der Waals surface area contributed by atoms with Gasteiger partial charge in [-0.05, 0) is 12.8 Å². The normalized spacial score (nSPS) is 11.5. The Hall–Kier alpha value is -0.900. The minimum absolute atomic E-state index is 0.209. The molecular weight excluding hydrogens is 217 g/mol. The van der Waals surface area contributed by atoms with Crippen LogP contribution in [0.15, 0.2) is 12.4 Å². The molecule has 1 N–H and O–H groups in total. The Kier molecular flexibility index (Phi) is 4.27. The molecule has 0 bridgehead atoms. The second kappa shape index (κ2) is 5.26. The molecule has 3 nitrogen and oxygen atoms in total. The van der Waals surface area contributed by atoms with Crippen molar-refractivity contribution in [3.8, 4) is 0 Å². The Morgan fingerprint density at radius 3 is 2.27 bits per heavy atom. The van der Waals surface area contributed by atoms with Crippen molar-refractivity contribution in [2.24, 2.45) is 0 Å². The first kappa shape index (κ1) is 12.2. The zero-order valence-corrected chi connectivity index (χ0v) is 9.68. The molecule has 0 aromatic carbocycles. The van der Waals surface area contributed by atoms with Crippen LogP contribution < -0.4 is 5.32 Å². The molecule has 1 rings (SSSR count). The zero-order valence-electron chi connectivity index (χ0n) is 8.93. The summed E-state index contributed by atoms with van der Waals surface area (Å²) < 4.78 is 12.6. The minimum Gasteiger partial charge on any atom is -0.348 e.